The van der Waals surface area contributed by atoms with E-state index >= 15 is 0 Å². The van der Waals surface area contributed by atoms with Gasteiger partial charge in [0.05, 0.1) is 12.0 Å². The average Bonchev–Trinajstić information content (AvgIpc) is 3.22. The van der Waals surface area contributed by atoms with E-state index in [0.717, 1.165) is 32.7 Å². The van der Waals surface area contributed by atoms with Crippen molar-refractivity contribution in [3.63, 3.8) is 0 Å². The third-order valence-electron chi connectivity index (χ3n) is 3.88. The van der Waals surface area contributed by atoms with E-state index in [1.54, 1.807) is 24.3 Å². The lowest BCUT2D eigenvalue weighted by molar-refractivity contribution is 0.935. The summed E-state index contributed by atoms with van der Waals surface area (Å²) in [6, 6.07) is 20.0. The maximum atomic E-state index is 6.02. The SMILES string of the molecule is Clc1cccc(CSc2ccc(-c3ccc(-n4ccnc4)cc3)nn2)c1. The lowest BCUT2D eigenvalue weighted by Crippen LogP contribution is -1.92. The molecule has 0 saturated carbocycles. The Balaban J connectivity index is 1.44. The van der Waals surface area contributed by atoms with Crippen molar-refractivity contribution in [3.8, 4) is 16.9 Å². The number of thioether (sulfide) groups is 1. The number of hydrogen-bond acceptors (Lipinski definition) is 4. The molecular weight excluding hydrogens is 364 g/mol. The highest BCUT2D eigenvalue weighted by atomic mass is 35.5. The Bertz CT molecular complexity index is 983. The van der Waals surface area contributed by atoms with Gasteiger partial charge in [-0.1, -0.05) is 47.6 Å². The Morgan fingerprint density at radius 1 is 0.962 bits per heavy atom. The molecule has 0 aliphatic heterocycles. The Morgan fingerprint density at radius 3 is 2.54 bits per heavy atom. The first-order valence-corrected chi connectivity index (χ1v) is 9.44. The molecule has 2 heterocycles. The predicted molar refractivity (Wildman–Crippen MR) is 106 cm³/mol. The minimum Gasteiger partial charge on any atom is -0.306 e. The number of imidazole rings is 1. The Labute approximate surface area is 160 Å². The molecule has 0 aliphatic carbocycles. The Hall–Kier alpha value is -2.63. The molecule has 0 aliphatic rings. The molecule has 0 amide bonds. The lowest BCUT2D eigenvalue weighted by Gasteiger charge is -2.05. The fraction of sp³-hybridized carbons (Fsp3) is 0.0500. The zero-order chi connectivity index (χ0) is 17.8. The van der Waals surface area contributed by atoms with Gasteiger partial charge in [-0.15, -0.1) is 10.2 Å². The summed E-state index contributed by atoms with van der Waals surface area (Å²) in [6.45, 7) is 0. The van der Waals surface area contributed by atoms with Gasteiger partial charge >= 0.3 is 0 Å². The standard InChI is InChI=1S/C20H15ClN4S/c21-17-3-1-2-15(12-17)13-26-20-9-8-19(23-24-20)16-4-6-18(7-5-16)25-11-10-22-14-25/h1-12,14H,13H2. The molecule has 0 spiro atoms. The van der Waals surface area contributed by atoms with E-state index in [9.17, 15) is 0 Å². The van der Waals surface area contributed by atoms with Crippen molar-refractivity contribution in [3.05, 3.63) is 90.0 Å². The zero-order valence-electron chi connectivity index (χ0n) is 13.8. The highest BCUT2D eigenvalue weighted by Gasteiger charge is 2.04. The Kier molecular flexibility index (Phi) is 5.00. The van der Waals surface area contributed by atoms with Crippen LogP contribution < -0.4 is 0 Å². The molecule has 2 aromatic heterocycles. The molecule has 4 rings (SSSR count). The van der Waals surface area contributed by atoms with Crippen LogP contribution in [0.1, 0.15) is 5.56 Å². The van der Waals surface area contributed by atoms with Crippen LogP contribution in [0.15, 0.2) is 84.4 Å². The summed E-state index contributed by atoms with van der Waals surface area (Å²) < 4.78 is 1.96. The van der Waals surface area contributed by atoms with E-state index in [4.69, 9.17) is 11.6 Å². The molecule has 0 saturated heterocycles. The summed E-state index contributed by atoms with van der Waals surface area (Å²) in [5.74, 6) is 0.814. The van der Waals surface area contributed by atoms with Gasteiger partial charge in [0.1, 0.15) is 5.03 Å². The number of halogens is 1. The first kappa shape index (κ1) is 16.8. The van der Waals surface area contributed by atoms with Crippen LogP contribution in [-0.2, 0) is 5.75 Å². The molecule has 0 unspecified atom stereocenters. The van der Waals surface area contributed by atoms with Crippen molar-refractivity contribution < 1.29 is 0 Å². The van der Waals surface area contributed by atoms with Gasteiger partial charge in [-0.25, -0.2) is 4.98 Å². The first-order chi connectivity index (χ1) is 12.8. The molecular formula is C20H15ClN4S. The summed E-state index contributed by atoms with van der Waals surface area (Å²) in [5.41, 5.74) is 4.12. The van der Waals surface area contributed by atoms with Crippen LogP contribution >= 0.6 is 23.4 Å². The largest absolute Gasteiger partial charge is 0.306 e. The molecule has 6 heteroatoms. The fourth-order valence-corrected chi connectivity index (χ4v) is 3.52. The van der Waals surface area contributed by atoms with Crippen LogP contribution in [0.3, 0.4) is 0 Å². The second-order valence-corrected chi connectivity index (χ2v) is 7.12. The molecule has 128 valence electrons. The van der Waals surface area contributed by atoms with Crippen LogP contribution in [0.5, 0.6) is 0 Å². The van der Waals surface area contributed by atoms with Crippen molar-refractivity contribution in [2.75, 3.05) is 0 Å². The normalized spacial score (nSPS) is 10.8. The Morgan fingerprint density at radius 2 is 1.85 bits per heavy atom. The van der Waals surface area contributed by atoms with Crippen LogP contribution in [0.4, 0.5) is 0 Å². The molecule has 0 radical (unpaired) electrons. The quantitative estimate of drug-likeness (QED) is 0.443. The van der Waals surface area contributed by atoms with Gasteiger partial charge in [0, 0.05) is 34.4 Å². The average molecular weight is 379 g/mol. The third kappa shape index (κ3) is 3.95. The second-order valence-electron chi connectivity index (χ2n) is 5.69. The van der Waals surface area contributed by atoms with Gasteiger partial charge in [0.15, 0.2) is 0 Å². The lowest BCUT2D eigenvalue weighted by atomic mass is 10.1. The van der Waals surface area contributed by atoms with E-state index in [1.807, 2.05) is 65.4 Å². The van der Waals surface area contributed by atoms with Crippen molar-refractivity contribution in [1.82, 2.24) is 19.7 Å². The molecule has 26 heavy (non-hydrogen) atoms. The van der Waals surface area contributed by atoms with Crippen molar-refractivity contribution in [2.24, 2.45) is 0 Å². The smallest absolute Gasteiger partial charge is 0.119 e. The number of hydrogen-bond donors (Lipinski definition) is 0. The minimum absolute atomic E-state index is 0.753. The molecule has 4 aromatic rings. The third-order valence-corrected chi connectivity index (χ3v) is 5.11. The summed E-state index contributed by atoms with van der Waals surface area (Å²) in [7, 11) is 0. The van der Waals surface area contributed by atoms with E-state index in [1.165, 1.54) is 5.56 Å². The van der Waals surface area contributed by atoms with E-state index in [0.29, 0.717) is 0 Å². The van der Waals surface area contributed by atoms with Gasteiger partial charge in [-0.05, 0) is 42.0 Å². The molecule has 4 nitrogen and oxygen atoms in total. The van der Waals surface area contributed by atoms with Crippen LogP contribution in [-0.4, -0.2) is 19.7 Å². The fourth-order valence-electron chi connectivity index (χ4n) is 2.55. The highest BCUT2D eigenvalue weighted by molar-refractivity contribution is 7.98. The summed E-state index contributed by atoms with van der Waals surface area (Å²) >= 11 is 7.66. The summed E-state index contributed by atoms with van der Waals surface area (Å²) in [6.07, 6.45) is 5.46. The predicted octanol–water partition coefficient (Wildman–Crippen LogP) is 5.28. The van der Waals surface area contributed by atoms with E-state index in [-0.39, 0.29) is 0 Å². The summed E-state index contributed by atoms with van der Waals surface area (Å²) in [4.78, 5) is 4.06. The molecule has 0 N–H and O–H groups in total. The van der Waals surface area contributed by atoms with Crippen LogP contribution in [0.25, 0.3) is 16.9 Å². The van der Waals surface area contributed by atoms with Gasteiger partial charge in [-0.3, -0.25) is 0 Å². The maximum Gasteiger partial charge on any atom is 0.119 e. The van der Waals surface area contributed by atoms with Crippen molar-refractivity contribution in [1.29, 1.82) is 0 Å². The van der Waals surface area contributed by atoms with E-state index in [2.05, 4.69) is 21.2 Å². The first-order valence-electron chi connectivity index (χ1n) is 8.08. The van der Waals surface area contributed by atoms with Gasteiger partial charge in [0.25, 0.3) is 0 Å². The highest BCUT2D eigenvalue weighted by Crippen LogP contribution is 2.24. The van der Waals surface area contributed by atoms with Crippen LogP contribution in [0.2, 0.25) is 5.02 Å². The monoisotopic (exact) mass is 378 g/mol. The topological polar surface area (TPSA) is 43.6 Å². The van der Waals surface area contributed by atoms with Crippen LogP contribution in [0, 0.1) is 0 Å². The molecule has 2 aromatic carbocycles. The zero-order valence-corrected chi connectivity index (χ0v) is 15.4. The molecule has 0 fully saturated rings. The number of nitrogens with zero attached hydrogens (tertiary/aromatic N) is 4. The number of rotatable bonds is 5. The molecule has 0 atom stereocenters. The van der Waals surface area contributed by atoms with Crippen molar-refractivity contribution in [2.45, 2.75) is 10.8 Å². The minimum atomic E-state index is 0.753. The van der Waals surface area contributed by atoms with Gasteiger partial charge < -0.3 is 4.57 Å². The number of benzene rings is 2. The number of aromatic nitrogens is 4. The van der Waals surface area contributed by atoms with E-state index < -0.39 is 0 Å². The second kappa shape index (κ2) is 7.72. The maximum absolute atomic E-state index is 6.02. The summed E-state index contributed by atoms with van der Waals surface area (Å²) in [5, 5.41) is 10.3. The van der Waals surface area contributed by atoms with Gasteiger partial charge in [0.2, 0.25) is 0 Å². The molecule has 0 bridgehead atoms. The van der Waals surface area contributed by atoms with Crippen molar-refractivity contribution >= 4 is 23.4 Å². The van der Waals surface area contributed by atoms with Gasteiger partial charge in [-0.2, -0.15) is 0 Å².